The maximum atomic E-state index is 12.1. The Bertz CT molecular complexity index is 668. The molecule has 0 aliphatic rings. The number of ether oxygens (including phenoxy) is 1. The molecule has 0 aliphatic heterocycles. The number of anilines is 1. The fourth-order valence-corrected chi connectivity index (χ4v) is 3.11. The third kappa shape index (κ3) is 3.58. The molecule has 0 unspecified atom stereocenters. The van der Waals surface area contributed by atoms with Gasteiger partial charge in [-0.1, -0.05) is 30.0 Å². The van der Waals surface area contributed by atoms with Crippen LogP contribution in [0.5, 0.6) is 0 Å². The van der Waals surface area contributed by atoms with Crippen LogP contribution in [-0.2, 0) is 4.74 Å². The average Bonchev–Trinajstić information content (AvgIpc) is 2.45. The summed E-state index contributed by atoms with van der Waals surface area (Å²) in [6.45, 7) is 6.23. The second kappa shape index (κ2) is 6.68. The topological polar surface area (TPSA) is 52.3 Å². The number of rotatable bonds is 4. The molecule has 2 aromatic carbocycles. The minimum absolute atomic E-state index is 0.336. The molecule has 21 heavy (non-hydrogen) atoms. The number of hydrogen-bond donors (Lipinski definition) is 1. The van der Waals surface area contributed by atoms with Gasteiger partial charge in [-0.2, -0.15) is 0 Å². The molecule has 3 nitrogen and oxygen atoms in total. The van der Waals surface area contributed by atoms with Crippen molar-refractivity contribution in [2.75, 3.05) is 12.3 Å². The molecule has 0 aromatic heterocycles. The third-order valence-corrected chi connectivity index (χ3v) is 4.42. The van der Waals surface area contributed by atoms with Gasteiger partial charge in [-0.25, -0.2) is 4.79 Å². The summed E-state index contributed by atoms with van der Waals surface area (Å²) in [7, 11) is 0. The molecule has 2 rings (SSSR count). The van der Waals surface area contributed by atoms with Gasteiger partial charge in [0.2, 0.25) is 0 Å². The summed E-state index contributed by atoms with van der Waals surface area (Å²) in [5.41, 5.74) is 9.50. The first-order valence-corrected chi connectivity index (χ1v) is 7.65. The number of nitrogen functional groups attached to an aromatic ring is 1. The summed E-state index contributed by atoms with van der Waals surface area (Å²) in [4.78, 5) is 13.9. The highest BCUT2D eigenvalue weighted by Crippen LogP contribution is 2.37. The van der Waals surface area contributed by atoms with E-state index in [1.807, 2.05) is 13.8 Å². The van der Waals surface area contributed by atoms with E-state index >= 15 is 0 Å². The van der Waals surface area contributed by atoms with Crippen molar-refractivity contribution in [3.63, 3.8) is 0 Å². The first-order chi connectivity index (χ1) is 10.0. The van der Waals surface area contributed by atoms with Crippen molar-refractivity contribution in [1.29, 1.82) is 0 Å². The highest BCUT2D eigenvalue weighted by atomic mass is 32.2. The predicted molar refractivity (Wildman–Crippen MR) is 86.8 cm³/mol. The Morgan fingerprint density at radius 1 is 1.24 bits per heavy atom. The van der Waals surface area contributed by atoms with Gasteiger partial charge in [0.25, 0.3) is 0 Å². The van der Waals surface area contributed by atoms with E-state index in [0.717, 1.165) is 15.4 Å². The Morgan fingerprint density at radius 3 is 2.71 bits per heavy atom. The summed E-state index contributed by atoms with van der Waals surface area (Å²) < 4.78 is 5.11. The molecule has 2 N–H and O–H groups in total. The minimum Gasteiger partial charge on any atom is -0.462 e. The summed E-state index contributed by atoms with van der Waals surface area (Å²) in [6.07, 6.45) is 0. The molecule has 2 aromatic rings. The molecule has 0 spiro atoms. The number of esters is 1. The lowest BCUT2D eigenvalue weighted by Crippen LogP contribution is -2.07. The van der Waals surface area contributed by atoms with Crippen molar-refractivity contribution < 1.29 is 9.53 Å². The molecule has 0 heterocycles. The lowest BCUT2D eigenvalue weighted by molar-refractivity contribution is 0.0522. The van der Waals surface area contributed by atoms with Crippen molar-refractivity contribution in [2.24, 2.45) is 0 Å². The molecule has 0 fully saturated rings. The maximum absolute atomic E-state index is 12.1. The largest absolute Gasteiger partial charge is 0.462 e. The zero-order valence-electron chi connectivity index (χ0n) is 12.5. The lowest BCUT2D eigenvalue weighted by Gasteiger charge is -2.13. The van der Waals surface area contributed by atoms with E-state index in [0.29, 0.717) is 17.9 Å². The van der Waals surface area contributed by atoms with Gasteiger partial charge >= 0.3 is 5.97 Å². The summed E-state index contributed by atoms with van der Waals surface area (Å²) >= 11 is 1.51. The van der Waals surface area contributed by atoms with Gasteiger partial charge in [-0.15, -0.1) is 0 Å². The van der Waals surface area contributed by atoms with Crippen molar-refractivity contribution in [2.45, 2.75) is 30.6 Å². The van der Waals surface area contributed by atoms with E-state index in [4.69, 9.17) is 10.5 Å². The molecule has 110 valence electrons. The highest BCUT2D eigenvalue weighted by molar-refractivity contribution is 7.99. The Labute approximate surface area is 129 Å². The number of benzene rings is 2. The fraction of sp³-hybridized carbons (Fsp3) is 0.235. The van der Waals surface area contributed by atoms with E-state index in [2.05, 4.69) is 18.2 Å². The van der Waals surface area contributed by atoms with Gasteiger partial charge in [-0.05, 0) is 50.1 Å². The molecule has 0 radical (unpaired) electrons. The first-order valence-electron chi connectivity index (χ1n) is 6.83. The number of aryl methyl sites for hydroxylation is 2. The van der Waals surface area contributed by atoms with Crippen LogP contribution in [0.3, 0.4) is 0 Å². The summed E-state index contributed by atoms with van der Waals surface area (Å²) in [6, 6.07) is 11.6. The third-order valence-electron chi connectivity index (χ3n) is 3.10. The van der Waals surface area contributed by atoms with Gasteiger partial charge in [-0.3, -0.25) is 0 Å². The molecular formula is C17H19NO2S. The van der Waals surface area contributed by atoms with E-state index < -0.39 is 0 Å². The fourth-order valence-electron chi connectivity index (χ4n) is 1.97. The Kier molecular flexibility index (Phi) is 4.91. The van der Waals surface area contributed by atoms with E-state index in [1.54, 1.807) is 25.1 Å². The van der Waals surface area contributed by atoms with Crippen LogP contribution in [0.1, 0.15) is 28.4 Å². The van der Waals surface area contributed by atoms with Crippen molar-refractivity contribution in [3.05, 3.63) is 53.1 Å². The first kappa shape index (κ1) is 15.4. The van der Waals surface area contributed by atoms with Crippen molar-refractivity contribution in [1.82, 2.24) is 0 Å². The molecule has 0 bridgehead atoms. The van der Waals surface area contributed by atoms with Gasteiger partial charge in [0, 0.05) is 15.5 Å². The molecule has 0 aliphatic carbocycles. The van der Waals surface area contributed by atoms with Crippen LogP contribution in [-0.4, -0.2) is 12.6 Å². The van der Waals surface area contributed by atoms with Crippen LogP contribution in [0.4, 0.5) is 5.69 Å². The van der Waals surface area contributed by atoms with Crippen LogP contribution >= 0.6 is 11.8 Å². The van der Waals surface area contributed by atoms with Gasteiger partial charge in [0.1, 0.15) is 0 Å². The Morgan fingerprint density at radius 2 is 2.00 bits per heavy atom. The predicted octanol–water partition coefficient (Wildman–Crippen LogP) is 4.21. The monoisotopic (exact) mass is 301 g/mol. The quantitative estimate of drug-likeness (QED) is 0.679. The zero-order chi connectivity index (χ0) is 15.4. The number of carbonyl (C=O) groups excluding carboxylic acids is 1. The lowest BCUT2D eigenvalue weighted by atomic mass is 10.2. The number of hydrogen-bond acceptors (Lipinski definition) is 4. The molecule has 0 saturated carbocycles. The maximum Gasteiger partial charge on any atom is 0.339 e. The van der Waals surface area contributed by atoms with Crippen molar-refractivity contribution >= 4 is 23.4 Å². The van der Waals surface area contributed by atoms with Crippen LogP contribution in [0.15, 0.2) is 46.2 Å². The smallest absolute Gasteiger partial charge is 0.339 e. The minimum atomic E-state index is -0.336. The second-order valence-corrected chi connectivity index (χ2v) is 5.87. The van der Waals surface area contributed by atoms with Crippen LogP contribution in [0.2, 0.25) is 0 Å². The highest BCUT2D eigenvalue weighted by Gasteiger charge is 2.16. The van der Waals surface area contributed by atoms with E-state index in [9.17, 15) is 4.79 Å². The van der Waals surface area contributed by atoms with E-state index in [1.165, 1.54) is 17.3 Å². The second-order valence-electron chi connectivity index (χ2n) is 4.82. The van der Waals surface area contributed by atoms with Crippen molar-refractivity contribution in [3.8, 4) is 0 Å². The molecule has 4 heteroatoms. The number of carbonyl (C=O) groups is 1. The van der Waals surface area contributed by atoms with E-state index in [-0.39, 0.29) is 5.97 Å². The van der Waals surface area contributed by atoms with Gasteiger partial charge in [0.15, 0.2) is 0 Å². The Balaban J connectivity index is 2.43. The van der Waals surface area contributed by atoms with Gasteiger partial charge < -0.3 is 10.5 Å². The number of nitrogens with two attached hydrogens (primary N) is 1. The zero-order valence-corrected chi connectivity index (χ0v) is 13.3. The van der Waals surface area contributed by atoms with Gasteiger partial charge in [0.05, 0.1) is 12.2 Å². The Hall–Kier alpha value is -1.94. The average molecular weight is 301 g/mol. The van der Waals surface area contributed by atoms with Crippen LogP contribution in [0, 0.1) is 13.8 Å². The van der Waals surface area contributed by atoms with Crippen LogP contribution < -0.4 is 5.73 Å². The summed E-state index contributed by atoms with van der Waals surface area (Å²) in [5, 5.41) is 0. The molecule has 0 atom stereocenters. The standard InChI is InChI=1S/C17H19NO2S/c1-4-20-17(19)13-6-5-7-14(18)16(13)21-15-10-11(2)8-9-12(15)3/h5-10H,4,18H2,1-3H3. The molecular weight excluding hydrogens is 282 g/mol. The molecule has 0 saturated heterocycles. The molecule has 0 amide bonds. The normalized spacial score (nSPS) is 10.4. The SMILES string of the molecule is CCOC(=O)c1cccc(N)c1Sc1cc(C)ccc1C. The summed E-state index contributed by atoms with van der Waals surface area (Å²) in [5.74, 6) is -0.336. The van der Waals surface area contributed by atoms with Crippen LogP contribution in [0.25, 0.3) is 0 Å².